The lowest BCUT2D eigenvalue weighted by molar-refractivity contribution is -0.136. The van der Waals surface area contributed by atoms with E-state index in [0.717, 1.165) is 23.8 Å². The molecule has 6 rings (SSSR count). The highest BCUT2D eigenvalue weighted by molar-refractivity contribution is 6.24. The number of alkyl halides is 1. The van der Waals surface area contributed by atoms with Gasteiger partial charge in [-0.3, -0.25) is 34.2 Å². The van der Waals surface area contributed by atoms with Crippen LogP contribution in [0.5, 0.6) is 0 Å². The zero-order valence-electron chi connectivity index (χ0n) is 32.1. The Morgan fingerprint density at radius 2 is 1.79 bits per heavy atom. The van der Waals surface area contributed by atoms with Crippen LogP contribution in [0.3, 0.4) is 0 Å². The Kier molecular flexibility index (Phi) is 13.4. The summed E-state index contributed by atoms with van der Waals surface area (Å²) >= 11 is 0. The summed E-state index contributed by atoms with van der Waals surface area (Å²) < 4.78 is 46.7. The van der Waals surface area contributed by atoms with Crippen LogP contribution in [0.25, 0.3) is 0 Å². The molecule has 4 N–H and O–H groups in total. The van der Waals surface area contributed by atoms with Crippen LogP contribution in [0.4, 0.5) is 26.1 Å². The van der Waals surface area contributed by atoms with E-state index in [4.69, 9.17) is 19.5 Å². The summed E-state index contributed by atoms with van der Waals surface area (Å²) in [5, 5.41) is 19.8. The number of amides is 5. The molecule has 0 spiro atoms. The molecule has 2 aliphatic heterocycles. The van der Waals surface area contributed by atoms with Crippen molar-refractivity contribution in [3.8, 4) is 6.07 Å². The van der Waals surface area contributed by atoms with E-state index < -0.39 is 53.2 Å². The quantitative estimate of drug-likeness (QED) is 0.0948. The zero-order chi connectivity index (χ0) is 41.4. The number of ether oxygens (including phenoxy) is 3. The maximum absolute atomic E-state index is 15.3. The number of halogens is 2. The summed E-state index contributed by atoms with van der Waals surface area (Å²) in [6.45, 7) is 3.96. The largest absolute Gasteiger partial charge is 0.382 e. The van der Waals surface area contributed by atoms with Crippen molar-refractivity contribution in [3.63, 3.8) is 0 Å². The zero-order valence-corrected chi connectivity index (χ0v) is 32.1. The maximum atomic E-state index is 15.3. The first-order valence-electron chi connectivity index (χ1n) is 19.0. The second kappa shape index (κ2) is 18.6. The Labute approximate surface area is 333 Å². The van der Waals surface area contributed by atoms with Gasteiger partial charge in [-0.2, -0.15) is 5.26 Å². The number of anilines is 3. The third kappa shape index (κ3) is 10.1. The first-order chi connectivity index (χ1) is 27.9. The maximum Gasteiger partial charge on any atom is 0.262 e. The number of hydrogen-bond acceptors (Lipinski definition) is 13. The molecule has 58 heavy (non-hydrogen) atoms. The summed E-state index contributed by atoms with van der Waals surface area (Å²) in [5.74, 6) is -3.39. The summed E-state index contributed by atoms with van der Waals surface area (Å²) in [6, 6.07) is 8.56. The van der Waals surface area contributed by atoms with Gasteiger partial charge in [0.2, 0.25) is 11.8 Å². The lowest BCUT2D eigenvalue weighted by atomic mass is 9.99. The number of fused-ring (bicyclic) bond motifs is 1. The minimum Gasteiger partial charge on any atom is -0.382 e. The summed E-state index contributed by atoms with van der Waals surface area (Å²) in [7, 11) is 0. The Bertz CT molecular complexity index is 2110. The number of pyridine rings is 2. The number of benzene rings is 1. The van der Waals surface area contributed by atoms with Gasteiger partial charge < -0.3 is 30.2 Å². The molecule has 4 heterocycles. The highest BCUT2D eigenvalue weighted by atomic mass is 19.1. The molecule has 1 aliphatic carbocycles. The molecule has 0 radical (unpaired) electrons. The smallest absolute Gasteiger partial charge is 0.262 e. The fraction of sp³-hybridized carbons (Fsp3) is 0.450. The standard InChI is InChI=1S/C40H44F2N8O8/c1-40(2,31(42)22-46-36(52)27-21-44-32(18-29(27)47-25-8-9-25)48-35-28(41)17-23(19-43)20-45-35)58-16-15-57-14-13-56-12-4-6-24-5-3-7-26-34(24)39(55)50(38(26)54)30-10-11-33(51)49-37(30)53/h3,5,7,17-18,20-21,25,30-31H,4,6,8-16,22H2,1-2H3,(H,46,52)(H,49,51,53)(H2,44,45,47,48). The molecule has 2 unspecified atom stereocenters. The van der Waals surface area contributed by atoms with Crippen molar-refractivity contribution in [2.24, 2.45) is 0 Å². The number of carbonyl (C=O) groups excluding carboxylic acids is 5. The van der Waals surface area contributed by atoms with Crippen molar-refractivity contribution in [1.29, 1.82) is 5.26 Å². The van der Waals surface area contributed by atoms with Gasteiger partial charge in [0.15, 0.2) is 11.6 Å². The number of nitrogens with one attached hydrogen (secondary N) is 4. The van der Waals surface area contributed by atoms with E-state index in [1.807, 2.05) is 6.07 Å². The fourth-order valence-corrected chi connectivity index (χ4v) is 6.44. The molecule has 2 aromatic heterocycles. The number of imide groups is 2. The van der Waals surface area contributed by atoms with E-state index in [-0.39, 0.29) is 85.7 Å². The molecule has 2 fully saturated rings. The first-order valence-corrected chi connectivity index (χ1v) is 19.0. The minimum atomic E-state index is -1.57. The molecule has 306 valence electrons. The van der Waals surface area contributed by atoms with Crippen LogP contribution in [-0.2, 0) is 30.2 Å². The van der Waals surface area contributed by atoms with Gasteiger partial charge in [0.1, 0.15) is 24.1 Å². The molecule has 1 saturated heterocycles. The number of rotatable bonds is 20. The lowest BCUT2D eigenvalue weighted by Gasteiger charge is -2.29. The van der Waals surface area contributed by atoms with Gasteiger partial charge in [0.25, 0.3) is 17.7 Å². The van der Waals surface area contributed by atoms with Crippen LogP contribution >= 0.6 is 0 Å². The average Bonchev–Trinajstić information content (AvgIpc) is 3.98. The Hall–Kier alpha value is -5.90. The van der Waals surface area contributed by atoms with E-state index in [1.165, 1.54) is 12.4 Å². The predicted molar refractivity (Wildman–Crippen MR) is 203 cm³/mol. The van der Waals surface area contributed by atoms with Crippen molar-refractivity contribution in [2.75, 3.05) is 50.2 Å². The monoisotopic (exact) mass is 802 g/mol. The normalized spacial score (nSPS) is 17.1. The lowest BCUT2D eigenvalue weighted by Crippen LogP contribution is -2.54. The topological polar surface area (TPSA) is 214 Å². The minimum absolute atomic E-state index is 0.0477. The van der Waals surface area contributed by atoms with Crippen molar-refractivity contribution in [3.05, 3.63) is 76.4 Å². The summed E-state index contributed by atoms with van der Waals surface area (Å²) in [5.41, 5.74) is 0.608. The molecule has 2 atom stereocenters. The van der Waals surface area contributed by atoms with Crippen molar-refractivity contribution >= 4 is 46.9 Å². The molecule has 0 bridgehead atoms. The van der Waals surface area contributed by atoms with Crippen molar-refractivity contribution in [1.82, 2.24) is 25.5 Å². The molecular formula is C40H44F2N8O8. The number of carbonyl (C=O) groups is 5. The van der Waals surface area contributed by atoms with Crippen LogP contribution in [0.15, 0.2) is 42.7 Å². The predicted octanol–water partition coefficient (Wildman–Crippen LogP) is 3.74. The van der Waals surface area contributed by atoms with Crippen LogP contribution < -0.4 is 21.3 Å². The van der Waals surface area contributed by atoms with Gasteiger partial charge in [0, 0.05) is 37.5 Å². The highest BCUT2D eigenvalue weighted by Crippen LogP contribution is 2.31. The fourth-order valence-electron chi connectivity index (χ4n) is 6.44. The molecule has 3 aromatic rings. The van der Waals surface area contributed by atoms with Gasteiger partial charge >= 0.3 is 0 Å². The van der Waals surface area contributed by atoms with E-state index in [9.17, 15) is 28.4 Å². The molecule has 1 saturated carbocycles. The van der Waals surface area contributed by atoms with E-state index in [2.05, 4.69) is 31.2 Å². The molecule has 18 heteroatoms. The summed E-state index contributed by atoms with van der Waals surface area (Å²) in [4.78, 5) is 72.5. The third-order valence-electron chi connectivity index (χ3n) is 9.86. The number of piperidine rings is 1. The van der Waals surface area contributed by atoms with E-state index in [1.54, 1.807) is 38.1 Å². The van der Waals surface area contributed by atoms with Crippen molar-refractivity contribution in [2.45, 2.75) is 76.2 Å². The third-order valence-corrected chi connectivity index (χ3v) is 9.86. The highest BCUT2D eigenvalue weighted by Gasteiger charge is 2.45. The van der Waals surface area contributed by atoms with Crippen molar-refractivity contribution < 1.29 is 47.0 Å². The van der Waals surface area contributed by atoms with Crippen LogP contribution in [0.1, 0.15) is 88.2 Å². The number of nitrogens with zero attached hydrogens (tertiary/aromatic N) is 4. The number of hydrogen-bond donors (Lipinski definition) is 4. The van der Waals surface area contributed by atoms with Crippen LogP contribution in [0.2, 0.25) is 0 Å². The molecule has 16 nitrogen and oxygen atoms in total. The van der Waals surface area contributed by atoms with Crippen LogP contribution in [0, 0.1) is 17.1 Å². The Balaban J connectivity index is 0.874. The second-order valence-corrected chi connectivity index (χ2v) is 14.6. The Morgan fingerprint density at radius 1 is 1.03 bits per heavy atom. The first kappa shape index (κ1) is 41.7. The Morgan fingerprint density at radius 3 is 2.52 bits per heavy atom. The SMILES string of the molecule is CC(C)(OCCOCCOCCCc1cccc2c1C(=O)N(C1CCC(=O)NC1=O)C2=O)C(F)CNC(=O)c1cnc(Nc2ncc(C#N)cc2F)cc1NC1CC1. The average molecular weight is 803 g/mol. The summed E-state index contributed by atoms with van der Waals surface area (Å²) in [6.07, 6.45) is 3.93. The molecular weight excluding hydrogens is 758 g/mol. The van der Waals surface area contributed by atoms with Gasteiger partial charge in [-0.25, -0.2) is 18.7 Å². The van der Waals surface area contributed by atoms with E-state index in [0.29, 0.717) is 30.7 Å². The van der Waals surface area contributed by atoms with Gasteiger partial charge in [-0.1, -0.05) is 12.1 Å². The molecule has 5 amide bonds. The second-order valence-electron chi connectivity index (χ2n) is 14.6. The van der Waals surface area contributed by atoms with Crippen LogP contribution in [-0.4, -0.2) is 108 Å². The molecule has 3 aliphatic rings. The van der Waals surface area contributed by atoms with E-state index >= 15 is 4.39 Å². The van der Waals surface area contributed by atoms with Gasteiger partial charge in [-0.05, 0) is 63.6 Å². The number of aryl methyl sites for hydroxylation is 1. The number of aromatic nitrogens is 2. The van der Waals surface area contributed by atoms with Gasteiger partial charge in [0.05, 0.1) is 66.5 Å². The van der Waals surface area contributed by atoms with Gasteiger partial charge in [-0.15, -0.1) is 0 Å². The number of nitriles is 1. The molecule has 1 aromatic carbocycles.